The molecule has 1 N–H and O–H groups in total. The van der Waals surface area contributed by atoms with Crippen LogP contribution in [0.2, 0.25) is 5.02 Å². The molecule has 0 spiro atoms. The molecule has 0 heterocycles. The van der Waals surface area contributed by atoms with E-state index in [9.17, 15) is 0 Å². The van der Waals surface area contributed by atoms with Crippen molar-refractivity contribution in [2.45, 2.75) is 78.2 Å². The molecular formula is C19H32ClN. The molecule has 1 rings (SSSR count). The standard InChI is InChI=1S/C19H32ClN/c1-5-6-7-8-9-10-11-12-19(21-4)17-13-16(3)18(20)14-15(17)2/h13-14,19,21H,5-12H2,1-4H3. The number of hydrogen-bond acceptors (Lipinski definition) is 1. The summed E-state index contributed by atoms with van der Waals surface area (Å²) >= 11 is 6.20. The zero-order valence-electron chi connectivity index (χ0n) is 14.3. The minimum atomic E-state index is 0.455. The first-order valence-electron chi connectivity index (χ1n) is 8.54. The van der Waals surface area contributed by atoms with Crippen LogP contribution in [0.4, 0.5) is 0 Å². The van der Waals surface area contributed by atoms with Crippen molar-refractivity contribution in [2.24, 2.45) is 0 Å². The molecule has 0 saturated heterocycles. The van der Waals surface area contributed by atoms with Crippen molar-refractivity contribution in [3.8, 4) is 0 Å². The Bertz CT molecular complexity index is 414. The second-order valence-corrected chi connectivity index (χ2v) is 6.62. The van der Waals surface area contributed by atoms with Gasteiger partial charge in [0.25, 0.3) is 0 Å². The predicted octanol–water partition coefficient (Wildman–Crippen LogP) is 6.36. The number of nitrogens with one attached hydrogen (secondary N) is 1. The van der Waals surface area contributed by atoms with Crippen molar-refractivity contribution in [1.29, 1.82) is 0 Å². The lowest BCUT2D eigenvalue weighted by molar-refractivity contribution is 0.494. The van der Waals surface area contributed by atoms with Gasteiger partial charge in [-0.15, -0.1) is 0 Å². The van der Waals surface area contributed by atoms with Gasteiger partial charge in [0.2, 0.25) is 0 Å². The third-order valence-electron chi connectivity index (χ3n) is 4.37. The highest BCUT2D eigenvalue weighted by molar-refractivity contribution is 6.31. The molecule has 0 aliphatic carbocycles. The largest absolute Gasteiger partial charge is 0.313 e. The van der Waals surface area contributed by atoms with Crippen molar-refractivity contribution in [3.63, 3.8) is 0 Å². The van der Waals surface area contributed by atoms with Gasteiger partial charge in [-0.2, -0.15) is 0 Å². The Hall–Kier alpha value is -0.530. The van der Waals surface area contributed by atoms with Crippen molar-refractivity contribution in [1.82, 2.24) is 5.32 Å². The van der Waals surface area contributed by atoms with Crippen LogP contribution in [0.3, 0.4) is 0 Å². The van der Waals surface area contributed by atoms with E-state index in [0.29, 0.717) is 6.04 Å². The maximum atomic E-state index is 6.20. The first-order valence-corrected chi connectivity index (χ1v) is 8.91. The Morgan fingerprint density at radius 2 is 1.57 bits per heavy atom. The maximum absolute atomic E-state index is 6.20. The van der Waals surface area contributed by atoms with E-state index in [4.69, 9.17) is 11.6 Å². The van der Waals surface area contributed by atoms with E-state index >= 15 is 0 Å². The molecule has 0 fully saturated rings. The van der Waals surface area contributed by atoms with Gasteiger partial charge in [0.1, 0.15) is 0 Å². The summed E-state index contributed by atoms with van der Waals surface area (Å²) in [6.07, 6.45) is 10.8. The molecule has 0 aromatic heterocycles. The zero-order chi connectivity index (χ0) is 15.7. The molecule has 1 nitrogen and oxygen atoms in total. The van der Waals surface area contributed by atoms with Crippen LogP contribution in [0.1, 0.15) is 81.0 Å². The molecule has 0 aliphatic rings. The number of rotatable bonds is 10. The van der Waals surface area contributed by atoms with Gasteiger partial charge in [-0.1, -0.05) is 69.5 Å². The topological polar surface area (TPSA) is 12.0 Å². The molecule has 0 saturated carbocycles. The van der Waals surface area contributed by atoms with Crippen molar-refractivity contribution in [3.05, 3.63) is 33.8 Å². The van der Waals surface area contributed by atoms with Crippen LogP contribution in [-0.4, -0.2) is 7.05 Å². The summed E-state index contributed by atoms with van der Waals surface area (Å²) in [6.45, 7) is 6.52. The third-order valence-corrected chi connectivity index (χ3v) is 4.77. The number of aryl methyl sites for hydroxylation is 2. The Labute approximate surface area is 136 Å². The fourth-order valence-corrected chi connectivity index (χ4v) is 3.16. The number of unbranched alkanes of at least 4 members (excludes halogenated alkanes) is 6. The summed E-state index contributed by atoms with van der Waals surface area (Å²) in [5.74, 6) is 0. The highest BCUT2D eigenvalue weighted by Gasteiger charge is 2.13. The van der Waals surface area contributed by atoms with Gasteiger partial charge in [-0.3, -0.25) is 0 Å². The normalized spacial score (nSPS) is 12.6. The summed E-state index contributed by atoms with van der Waals surface area (Å²) in [6, 6.07) is 4.80. The quantitative estimate of drug-likeness (QED) is 0.496. The van der Waals surface area contributed by atoms with E-state index in [1.165, 1.54) is 68.1 Å². The minimum Gasteiger partial charge on any atom is -0.313 e. The van der Waals surface area contributed by atoms with E-state index in [0.717, 1.165) is 5.02 Å². The average molecular weight is 310 g/mol. The predicted molar refractivity (Wildman–Crippen MR) is 95.3 cm³/mol. The highest BCUT2D eigenvalue weighted by Crippen LogP contribution is 2.28. The Kier molecular flexibility index (Phi) is 9.03. The van der Waals surface area contributed by atoms with Gasteiger partial charge in [0.15, 0.2) is 0 Å². The van der Waals surface area contributed by atoms with Crippen molar-refractivity contribution in [2.75, 3.05) is 7.05 Å². The van der Waals surface area contributed by atoms with Gasteiger partial charge in [-0.05, 0) is 50.1 Å². The number of benzene rings is 1. The molecule has 0 radical (unpaired) electrons. The maximum Gasteiger partial charge on any atom is 0.0438 e. The van der Waals surface area contributed by atoms with Gasteiger partial charge in [0.05, 0.1) is 0 Å². The molecule has 120 valence electrons. The highest BCUT2D eigenvalue weighted by atomic mass is 35.5. The van der Waals surface area contributed by atoms with Crippen LogP contribution in [0.15, 0.2) is 12.1 Å². The fraction of sp³-hybridized carbons (Fsp3) is 0.684. The van der Waals surface area contributed by atoms with Gasteiger partial charge in [0, 0.05) is 11.1 Å². The van der Waals surface area contributed by atoms with Crippen LogP contribution in [0.25, 0.3) is 0 Å². The molecule has 1 unspecified atom stereocenters. The number of halogens is 1. The molecule has 1 atom stereocenters. The van der Waals surface area contributed by atoms with Crippen LogP contribution in [0.5, 0.6) is 0 Å². The van der Waals surface area contributed by atoms with Crippen LogP contribution < -0.4 is 5.32 Å². The molecule has 0 bridgehead atoms. The number of hydrogen-bond donors (Lipinski definition) is 1. The van der Waals surface area contributed by atoms with Crippen LogP contribution >= 0.6 is 11.6 Å². The molecule has 0 aliphatic heterocycles. The molecule has 21 heavy (non-hydrogen) atoms. The lowest BCUT2D eigenvalue weighted by Gasteiger charge is -2.20. The Morgan fingerprint density at radius 1 is 0.952 bits per heavy atom. The summed E-state index contributed by atoms with van der Waals surface area (Å²) in [5, 5.41) is 4.35. The zero-order valence-corrected chi connectivity index (χ0v) is 15.0. The van der Waals surface area contributed by atoms with E-state index in [1.807, 2.05) is 0 Å². The molecule has 2 heteroatoms. The SMILES string of the molecule is CCCCCCCCCC(NC)c1cc(C)c(Cl)cc1C. The van der Waals surface area contributed by atoms with E-state index < -0.39 is 0 Å². The summed E-state index contributed by atoms with van der Waals surface area (Å²) in [5.41, 5.74) is 3.88. The van der Waals surface area contributed by atoms with E-state index in [2.05, 4.69) is 45.3 Å². The lowest BCUT2D eigenvalue weighted by atomic mass is 9.94. The smallest absolute Gasteiger partial charge is 0.0438 e. The van der Waals surface area contributed by atoms with Gasteiger partial charge < -0.3 is 5.32 Å². The van der Waals surface area contributed by atoms with Crippen molar-refractivity contribution < 1.29 is 0 Å². The Morgan fingerprint density at radius 3 is 2.19 bits per heavy atom. The summed E-state index contributed by atoms with van der Waals surface area (Å²) in [7, 11) is 2.06. The minimum absolute atomic E-state index is 0.455. The van der Waals surface area contributed by atoms with Crippen LogP contribution in [-0.2, 0) is 0 Å². The molecule has 1 aromatic carbocycles. The third kappa shape index (κ3) is 6.40. The monoisotopic (exact) mass is 309 g/mol. The molecule has 1 aromatic rings. The average Bonchev–Trinajstić information content (AvgIpc) is 2.46. The second-order valence-electron chi connectivity index (χ2n) is 6.21. The first kappa shape index (κ1) is 18.5. The molecule has 0 amide bonds. The lowest BCUT2D eigenvalue weighted by Crippen LogP contribution is -2.17. The van der Waals surface area contributed by atoms with E-state index in [-0.39, 0.29) is 0 Å². The van der Waals surface area contributed by atoms with E-state index in [1.54, 1.807) is 0 Å². The Balaban J connectivity index is 2.43. The summed E-state index contributed by atoms with van der Waals surface area (Å²) in [4.78, 5) is 0. The van der Waals surface area contributed by atoms with Gasteiger partial charge in [-0.25, -0.2) is 0 Å². The molecular weight excluding hydrogens is 278 g/mol. The second kappa shape index (κ2) is 10.2. The van der Waals surface area contributed by atoms with Gasteiger partial charge >= 0.3 is 0 Å². The fourth-order valence-electron chi connectivity index (χ4n) is 2.94. The first-order chi connectivity index (χ1) is 10.1. The van der Waals surface area contributed by atoms with Crippen molar-refractivity contribution >= 4 is 11.6 Å². The van der Waals surface area contributed by atoms with Crippen LogP contribution in [0, 0.1) is 13.8 Å². The summed E-state index contributed by atoms with van der Waals surface area (Å²) < 4.78 is 0.